The van der Waals surface area contributed by atoms with Crippen molar-refractivity contribution in [3.05, 3.63) is 11.3 Å². The first-order valence-electron chi connectivity index (χ1n) is 7.27. The number of carbonyl (C=O) groups excluding carboxylic acids is 1. The van der Waals surface area contributed by atoms with Gasteiger partial charge in [0.2, 0.25) is 0 Å². The fraction of sp³-hybridized carbons (Fsp3) is 0.692. The van der Waals surface area contributed by atoms with E-state index < -0.39 is 0 Å². The lowest BCUT2D eigenvalue weighted by molar-refractivity contribution is 0.0401. The first-order valence-corrected chi connectivity index (χ1v) is 7.64. The summed E-state index contributed by atoms with van der Waals surface area (Å²) in [5.41, 5.74) is 6.23. The van der Waals surface area contributed by atoms with E-state index in [1.165, 1.54) is 0 Å². The molecule has 7 nitrogen and oxygen atoms in total. The summed E-state index contributed by atoms with van der Waals surface area (Å²) in [5.74, 6) is 0. The number of morpholine rings is 1. The maximum atomic E-state index is 12.4. The van der Waals surface area contributed by atoms with E-state index in [4.69, 9.17) is 22.1 Å². The molecule has 0 radical (unpaired) electrons. The van der Waals surface area contributed by atoms with Crippen molar-refractivity contribution < 1.29 is 9.53 Å². The number of aromatic nitrogens is 2. The third kappa shape index (κ3) is 3.08. The number of carbonyl (C=O) groups is 1. The Hall–Kier alpha value is -1.47. The van der Waals surface area contributed by atoms with Gasteiger partial charge in [-0.05, 0) is 12.8 Å². The molecule has 0 bridgehead atoms. The second-order valence-electron chi connectivity index (χ2n) is 5.46. The van der Waals surface area contributed by atoms with Gasteiger partial charge in [0.1, 0.15) is 0 Å². The number of piperidine rings is 1. The van der Waals surface area contributed by atoms with Crippen LogP contribution in [0, 0.1) is 0 Å². The van der Waals surface area contributed by atoms with Gasteiger partial charge in [0.25, 0.3) is 0 Å². The number of urea groups is 1. The highest BCUT2D eigenvalue weighted by Gasteiger charge is 2.28. The minimum absolute atomic E-state index is 0.120. The van der Waals surface area contributed by atoms with Crippen LogP contribution >= 0.6 is 11.6 Å². The molecule has 0 spiro atoms. The van der Waals surface area contributed by atoms with Crippen molar-refractivity contribution in [3.8, 4) is 0 Å². The van der Waals surface area contributed by atoms with E-state index in [0.717, 1.165) is 25.9 Å². The Balaban J connectivity index is 1.56. The molecule has 3 rings (SSSR count). The van der Waals surface area contributed by atoms with Gasteiger partial charge in [0.15, 0.2) is 5.15 Å². The number of nitrogens with two attached hydrogens (primary N) is 1. The molecule has 8 heteroatoms. The second-order valence-corrected chi connectivity index (χ2v) is 5.81. The summed E-state index contributed by atoms with van der Waals surface area (Å²) in [6, 6.07) is 0.378. The van der Waals surface area contributed by atoms with E-state index in [2.05, 4.69) is 5.10 Å². The lowest BCUT2D eigenvalue weighted by Crippen LogP contribution is -2.50. The first-order chi connectivity index (χ1) is 10.1. The molecule has 1 aromatic heterocycles. The predicted molar refractivity (Wildman–Crippen MR) is 79.3 cm³/mol. The molecule has 2 aliphatic rings. The van der Waals surface area contributed by atoms with Gasteiger partial charge >= 0.3 is 6.03 Å². The van der Waals surface area contributed by atoms with Crippen LogP contribution in [0.2, 0.25) is 5.15 Å². The number of hydrogen-bond donors (Lipinski definition) is 1. The van der Waals surface area contributed by atoms with Crippen LogP contribution in [0.3, 0.4) is 0 Å². The number of anilines is 1. The van der Waals surface area contributed by atoms with Crippen LogP contribution in [0.25, 0.3) is 0 Å². The molecule has 1 aromatic rings. The molecular formula is C13H20ClN5O2. The monoisotopic (exact) mass is 313 g/mol. The van der Waals surface area contributed by atoms with Crippen LogP contribution in [0.15, 0.2) is 6.20 Å². The molecule has 3 heterocycles. The Bertz CT molecular complexity index is 487. The highest BCUT2D eigenvalue weighted by Crippen LogP contribution is 2.26. The Kier molecular flexibility index (Phi) is 4.21. The summed E-state index contributed by atoms with van der Waals surface area (Å²) in [6.07, 6.45) is 3.51. The normalized spacial score (nSPS) is 20.8. The Labute approximate surface area is 128 Å². The molecule has 0 unspecified atom stereocenters. The molecular weight excluding hydrogens is 294 g/mol. The van der Waals surface area contributed by atoms with E-state index in [0.29, 0.717) is 37.1 Å². The van der Waals surface area contributed by atoms with E-state index in [-0.39, 0.29) is 12.1 Å². The highest BCUT2D eigenvalue weighted by atomic mass is 35.5. The van der Waals surface area contributed by atoms with Gasteiger partial charge in [-0.1, -0.05) is 11.6 Å². The molecule has 2 fully saturated rings. The van der Waals surface area contributed by atoms with E-state index in [9.17, 15) is 4.79 Å². The van der Waals surface area contributed by atoms with Gasteiger partial charge in [0, 0.05) is 32.4 Å². The largest absolute Gasteiger partial charge is 0.395 e. The van der Waals surface area contributed by atoms with E-state index in [1.807, 2.05) is 14.5 Å². The fourth-order valence-electron chi connectivity index (χ4n) is 2.85. The van der Waals surface area contributed by atoms with E-state index >= 15 is 0 Å². The third-order valence-corrected chi connectivity index (χ3v) is 4.40. The Morgan fingerprint density at radius 3 is 2.43 bits per heavy atom. The summed E-state index contributed by atoms with van der Waals surface area (Å²) in [7, 11) is 0. The molecule has 0 saturated carbocycles. The number of halogens is 1. The van der Waals surface area contributed by atoms with Crippen LogP contribution in [-0.4, -0.2) is 65.0 Å². The summed E-state index contributed by atoms with van der Waals surface area (Å²) in [4.78, 5) is 16.2. The molecule has 0 atom stereocenters. The minimum atomic E-state index is 0.120. The topological polar surface area (TPSA) is 76.6 Å². The zero-order valence-electron chi connectivity index (χ0n) is 11.9. The standard InChI is InChI=1S/C13H20ClN5O2/c14-12-11(15)9-19(16-12)10-1-3-17(4-2-10)13(20)18-5-7-21-8-6-18/h9-10H,1-8,15H2. The van der Waals surface area contributed by atoms with Crippen LogP contribution in [0.4, 0.5) is 10.5 Å². The van der Waals surface area contributed by atoms with Crippen molar-refractivity contribution in [3.63, 3.8) is 0 Å². The minimum Gasteiger partial charge on any atom is -0.395 e. The zero-order chi connectivity index (χ0) is 14.8. The molecule has 2 amide bonds. The average Bonchev–Trinajstić information content (AvgIpc) is 2.87. The number of rotatable bonds is 1. The smallest absolute Gasteiger partial charge is 0.320 e. The van der Waals surface area contributed by atoms with Crippen LogP contribution in [0.1, 0.15) is 18.9 Å². The predicted octanol–water partition coefficient (Wildman–Crippen LogP) is 1.21. The van der Waals surface area contributed by atoms with Gasteiger partial charge < -0.3 is 20.3 Å². The fourth-order valence-corrected chi connectivity index (χ4v) is 2.98. The van der Waals surface area contributed by atoms with Gasteiger partial charge in [-0.15, -0.1) is 0 Å². The quantitative estimate of drug-likeness (QED) is 0.845. The van der Waals surface area contributed by atoms with Crippen molar-refractivity contribution in [1.29, 1.82) is 0 Å². The van der Waals surface area contributed by atoms with Crippen LogP contribution in [0.5, 0.6) is 0 Å². The Morgan fingerprint density at radius 2 is 1.86 bits per heavy atom. The van der Waals surface area contributed by atoms with Gasteiger partial charge in [0.05, 0.1) is 24.9 Å². The van der Waals surface area contributed by atoms with Crippen LogP contribution in [-0.2, 0) is 4.74 Å². The molecule has 0 aromatic carbocycles. The van der Waals surface area contributed by atoms with Crippen molar-refractivity contribution in [2.75, 3.05) is 45.1 Å². The molecule has 2 aliphatic heterocycles. The molecule has 116 valence electrons. The second kappa shape index (κ2) is 6.11. The third-order valence-electron chi connectivity index (χ3n) is 4.10. The zero-order valence-corrected chi connectivity index (χ0v) is 12.6. The van der Waals surface area contributed by atoms with Crippen molar-refractivity contribution in [2.45, 2.75) is 18.9 Å². The van der Waals surface area contributed by atoms with Crippen LogP contribution < -0.4 is 5.73 Å². The number of likely N-dealkylation sites (tertiary alicyclic amines) is 1. The van der Waals surface area contributed by atoms with Crippen molar-refractivity contribution in [1.82, 2.24) is 19.6 Å². The first kappa shape index (κ1) is 14.5. The average molecular weight is 314 g/mol. The number of nitrogens with zero attached hydrogens (tertiary/aromatic N) is 4. The molecule has 2 saturated heterocycles. The number of hydrogen-bond acceptors (Lipinski definition) is 4. The summed E-state index contributed by atoms with van der Waals surface area (Å²) < 4.78 is 7.10. The van der Waals surface area contributed by atoms with Crippen molar-refractivity contribution >= 4 is 23.3 Å². The summed E-state index contributed by atoms with van der Waals surface area (Å²) in [5, 5.41) is 4.57. The maximum Gasteiger partial charge on any atom is 0.320 e. The number of amides is 2. The lowest BCUT2D eigenvalue weighted by atomic mass is 10.1. The van der Waals surface area contributed by atoms with Crippen molar-refractivity contribution in [2.24, 2.45) is 0 Å². The summed E-state index contributed by atoms with van der Waals surface area (Å²) >= 11 is 5.89. The highest BCUT2D eigenvalue weighted by molar-refractivity contribution is 6.31. The summed E-state index contributed by atoms with van der Waals surface area (Å²) in [6.45, 7) is 4.10. The van der Waals surface area contributed by atoms with Gasteiger partial charge in [-0.3, -0.25) is 4.68 Å². The molecule has 21 heavy (non-hydrogen) atoms. The SMILES string of the molecule is Nc1cn(C2CCN(C(=O)N3CCOCC3)CC2)nc1Cl. The van der Waals surface area contributed by atoms with E-state index in [1.54, 1.807) is 6.20 Å². The maximum absolute atomic E-state index is 12.4. The van der Waals surface area contributed by atoms with Gasteiger partial charge in [-0.2, -0.15) is 5.10 Å². The lowest BCUT2D eigenvalue weighted by Gasteiger charge is -2.37. The number of ether oxygens (including phenoxy) is 1. The molecule has 0 aliphatic carbocycles. The van der Waals surface area contributed by atoms with Gasteiger partial charge in [-0.25, -0.2) is 4.79 Å². The molecule has 2 N–H and O–H groups in total. The number of nitrogen functional groups attached to an aromatic ring is 1. The Morgan fingerprint density at radius 1 is 1.24 bits per heavy atom.